The second kappa shape index (κ2) is 7.20. The van der Waals surface area contributed by atoms with E-state index in [4.69, 9.17) is 0 Å². The molecule has 5 aliphatic rings. The fourth-order valence-corrected chi connectivity index (χ4v) is 10.6. The first-order chi connectivity index (χ1) is 15.7. The second-order valence-corrected chi connectivity index (χ2v) is 14.4. The maximum absolute atomic E-state index is 14.2. The number of fused-ring (bicyclic) bond motifs is 7. The van der Waals surface area contributed by atoms with E-state index < -0.39 is 22.9 Å². The van der Waals surface area contributed by atoms with Crippen molar-refractivity contribution in [3.63, 3.8) is 0 Å². The number of hydrogen-bond donors (Lipinski definition) is 2. The average molecular weight is 471 g/mol. The third kappa shape index (κ3) is 2.70. The van der Waals surface area contributed by atoms with E-state index in [2.05, 4.69) is 41.5 Å². The minimum Gasteiger partial charge on any atom is -0.481 e. The van der Waals surface area contributed by atoms with Gasteiger partial charge in [0.05, 0.1) is 11.5 Å². The van der Waals surface area contributed by atoms with E-state index in [1.165, 1.54) is 24.8 Å². The molecular weight excluding hydrogens is 424 g/mol. The second-order valence-electron chi connectivity index (χ2n) is 14.4. The number of ketones is 1. The van der Waals surface area contributed by atoms with Gasteiger partial charge in [-0.05, 0) is 104 Å². The van der Waals surface area contributed by atoms with Crippen LogP contribution in [0.4, 0.5) is 0 Å². The van der Waals surface area contributed by atoms with Crippen LogP contribution in [-0.4, -0.2) is 28.1 Å². The van der Waals surface area contributed by atoms with Crippen molar-refractivity contribution < 1.29 is 19.8 Å². The predicted molar refractivity (Wildman–Crippen MR) is 133 cm³/mol. The summed E-state index contributed by atoms with van der Waals surface area (Å²) >= 11 is 0. The summed E-state index contributed by atoms with van der Waals surface area (Å²) in [4.78, 5) is 26.7. The molecule has 4 saturated carbocycles. The summed E-state index contributed by atoms with van der Waals surface area (Å²) in [5.74, 6) is 0.509. The Bertz CT molecular complexity index is 953. The summed E-state index contributed by atoms with van der Waals surface area (Å²) in [6, 6.07) is 0. The van der Waals surface area contributed by atoms with E-state index in [0.29, 0.717) is 30.6 Å². The highest BCUT2D eigenvalue weighted by Crippen LogP contribution is 2.75. The van der Waals surface area contributed by atoms with Gasteiger partial charge in [0.1, 0.15) is 0 Å². The van der Waals surface area contributed by atoms with Crippen molar-refractivity contribution in [1.82, 2.24) is 0 Å². The molecule has 11 atom stereocenters. The number of rotatable bonds is 1. The minimum atomic E-state index is -0.890. The lowest BCUT2D eigenvalue weighted by Gasteiger charge is -2.70. The standard InChI is InChI=1S/C30H46O4/c1-17-8-11-26(3)14-15-28(5)19(23(26)18(17)2)16-20(31)24-29(28,6)13-9-21-27(4,25(33)34)12-10-22(32)30(21,24)7/h16-18,21-24,32H,8-15H2,1-7H3,(H,33,34)/t17-,18+,21+,22?,23+,24+,26-,27+,28-,29-,30-/m1/s1. The molecule has 0 radical (unpaired) electrons. The summed E-state index contributed by atoms with van der Waals surface area (Å²) in [5, 5.41) is 21.7. The van der Waals surface area contributed by atoms with Crippen molar-refractivity contribution >= 4 is 11.8 Å². The number of carboxylic acid groups (broad SMARTS) is 1. The predicted octanol–water partition coefficient (Wildman–Crippen LogP) is 6.27. The molecule has 0 spiro atoms. The van der Waals surface area contributed by atoms with Gasteiger partial charge in [-0.1, -0.05) is 47.1 Å². The SMILES string of the molecule is C[C@H]1[C@H](C)CC[C@]2(C)CC[C@]3(C)C(=CC(=O)[C@@H]4[C@@]5(C)C(O)CC[C@](C)(C(=O)O)[C@@H]5CC[C@]43C)[C@H]12. The summed E-state index contributed by atoms with van der Waals surface area (Å²) < 4.78 is 0. The monoisotopic (exact) mass is 470 g/mol. The molecule has 4 heteroatoms. The van der Waals surface area contributed by atoms with Gasteiger partial charge in [-0.2, -0.15) is 0 Å². The first-order valence-electron chi connectivity index (χ1n) is 13.8. The van der Waals surface area contributed by atoms with Crippen LogP contribution in [0, 0.1) is 56.7 Å². The molecule has 4 fully saturated rings. The van der Waals surface area contributed by atoms with Crippen LogP contribution in [0.25, 0.3) is 0 Å². The fourth-order valence-electron chi connectivity index (χ4n) is 10.6. The van der Waals surface area contributed by atoms with Crippen LogP contribution in [0.5, 0.6) is 0 Å². The highest BCUT2D eigenvalue weighted by atomic mass is 16.4. The van der Waals surface area contributed by atoms with E-state index in [-0.39, 0.29) is 33.9 Å². The number of aliphatic carboxylic acids is 1. The van der Waals surface area contributed by atoms with Gasteiger partial charge < -0.3 is 10.2 Å². The molecule has 190 valence electrons. The molecule has 0 aliphatic heterocycles. The van der Waals surface area contributed by atoms with Crippen LogP contribution >= 0.6 is 0 Å². The number of aliphatic hydroxyl groups is 1. The summed E-state index contributed by atoms with van der Waals surface area (Å²) in [6.45, 7) is 15.9. The first-order valence-corrected chi connectivity index (χ1v) is 13.8. The van der Waals surface area contributed by atoms with E-state index in [0.717, 1.165) is 19.3 Å². The smallest absolute Gasteiger partial charge is 0.309 e. The highest BCUT2D eigenvalue weighted by molar-refractivity contribution is 5.96. The molecule has 5 rings (SSSR count). The molecule has 0 aromatic carbocycles. The number of carbonyl (C=O) groups is 2. The van der Waals surface area contributed by atoms with Crippen LogP contribution in [0.2, 0.25) is 0 Å². The average Bonchev–Trinajstić information content (AvgIpc) is 2.75. The van der Waals surface area contributed by atoms with Crippen LogP contribution in [0.3, 0.4) is 0 Å². The van der Waals surface area contributed by atoms with E-state index in [1.807, 2.05) is 13.0 Å². The molecule has 2 N–H and O–H groups in total. The lowest BCUT2D eigenvalue weighted by Crippen LogP contribution is -2.69. The maximum atomic E-state index is 14.2. The molecule has 0 saturated heterocycles. The Labute approximate surface area is 206 Å². The van der Waals surface area contributed by atoms with Gasteiger partial charge in [0.25, 0.3) is 0 Å². The van der Waals surface area contributed by atoms with Crippen LogP contribution < -0.4 is 0 Å². The van der Waals surface area contributed by atoms with Crippen molar-refractivity contribution in [3.05, 3.63) is 11.6 Å². The quantitative estimate of drug-likeness (QED) is 0.474. The third-order valence-electron chi connectivity index (χ3n) is 13.2. The summed E-state index contributed by atoms with van der Waals surface area (Å²) in [6.07, 6.45) is 8.73. The zero-order chi connectivity index (χ0) is 25.1. The molecular formula is C30H46O4. The molecule has 0 aromatic heterocycles. The molecule has 0 aromatic rings. The topological polar surface area (TPSA) is 74.6 Å². The Hall–Kier alpha value is -1.16. The number of hydrogen-bond acceptors (Lipinski definition) is 3. The van der Waals surface area contributed by atoms with E-state index >= 15 is 0 Å². The van der Waals surface area contributed by atoms with Crippen LogP contribution in [0.15, 0.2) is 11.6 Å². The van der Waals surface area contributed by atoms with Crippen molar-refractivity contribution in [3.8, 4) is 0 Å². The normalized spacial score (nSPS) is 56.9. The van der Waals surface area contributed by atoms with E-state index in [9.17, 15) is 19.8 Å². The number of carboxylic acids is 1. The third-order valence-corrected chi connectivity index (χ3v) is 13.2. The lowest BCUT2D eigenvalue weighted by atomic mass is 9.33. The highest BCUT2D eigenvalue weighted by Gasteiger charge is 2.72. The molecule has 5 aliphatic carbocycles. The number of allylic oxidation sites excluding steroid dienone is 2. The van der Waals surface area contributed by atoms with Crippen molar-refractivity contribution in [1.29, 1.82) is 0 Å². The fraction of sp³-hybridized carbons (Fsp3) is 0.867. The maximum Gasteiger partial charge on any atom is 0.309 e. The van der Waals surface area contributed by atoms with Gasteiger partial charge in [0.15, 0.2) is 5.78 Å². The lowest BCUT2D eigenvalue weighted by molar-refractivity contribution is -0.223. The van der Waals surface area contributed by atoms with Crippen LogP contribution in [0.1, 0.15) is 99.8 Å². The van der Waals surface area contributed by atoms with Gasteiger partial charge in [0.2, 0.25) is 0 Å². The minimum absolute atomic E-state index is 0.0914. The van der Waals surface area contributed by atoms with Crippen LogP contribution in [-0.2, 0) is 9.59 Å². The Morgan fingerprint density at radius 3 is 2.26 bits per heavy atom. The summed E-state index contributed by atoms with van der Waals surface area (Å²) in [5.41, 5.74) is -0.317. The van der Waals surface area contributed by atoms with Gasteiger partial charge in [-0.3, -0.25) is 9.59 Å². The largest absolute Gasteiger partial charge is 0.481 e. The van der Waals surface area contributed by atoms with E-state index in [1.54, 1.807) is 0 Å². The van der Waals surface area contributed by atoms with Gasteiger partial charge >= 0.3 is 5.97 Å². The van der Waals surface area contributed by atoms with Gasteiger partial charge in [-0.15, -0.1) is 0 Å². The molecule has 0 heterocycles. The van der Waals surface area contributed by atoms with Crippen molar-refractivity contribution in [2.45, 2.75) is 106 Å². The van der Waals surface area contributed by atoms with Gasteiger partial charge in [0, 0.05) is 11.3 Å². The molecule has 1 unspecified atom stereocenters. The van der Waals surface area contributed by atoms with Crippen molar-refractivity contribution in [2.75, 3.05) is 0 Å². The Balaban J connectivity index is 1.67. The molecule has 4 nitrogen and oxygen atoms in total. The molecule has 0 bridgehead atoms. The zero-order valence-electron chi connectivity index (χ0n) is 22.4. The molecule has 34 heavy (non-hydrogen) atoms. The first kappa shape index (κ1) is 24.5. The summed E-state index contributed by atoms with van der Waals surface area (Å²) in [7, 11) is 0. The zero-order valence-corrected chi connectivity index (χ0v) is 22.4. The van der Waals surface area contributed by atoms with Gasteiger partial charge in [-0.25, -0.2) is 0 Å². The molecule has 0 amide bonds. The number of aliphatic hydroxyl groups excluding tert-OH is 1. The Kier molecular flexibility index (Phi) is 5.20. The van der Waals surface area contributed by atoms with Crippen molar-refractivity contribution in [2.24, 2.45) is 56.7 Å². The number of carbonyl (C=O) groups excluding carboxylic acids is 1. The Morgan fingerprint density at radius 2 is 1.62 bits per heavy atom. The Morgan fingerprint density at radius 1 is 0.941 bits per heavy atom.